The summed E-state index contributed by atoms with van der Waals surface area (Å²) >= 11 is 0. The SMILES string of the molecule is COCc1nc(CNC(C)Cc2ccccc2F)no1. The number of nitrogens with one attached hydrogen (secondary N) is 1. The Balaban J connectivity index is 1.82. The lowest BCUT2D eigenvalue weighted by Crippen LogP contribution is -2.28. The van der Waals surface area contributed by atoms with Gasteiger partial charge in [-0.15, -0.1) is 0 Å². The quantitative estimate of drug-likeness (QED) is 0.840. The monoisotopic (exact) mass is 279 g/mol. The number of rotatable bonds is 7. The number of hydrogen-bond acceptors (Lipinski definition) is 5. The zero-order chi connectivity index (χ0) is 14.4. The summed E-state index contributed by atoms with van der Waals surface area (Å²) in [7, 11) is 1.57. The van der Waals surface area contributed by atoms with Crippen LogP contribution < -0.4 is 5.32 Å². The molecule has 2 aromatic rings. The fourth-order valence-electron chi connectivity index (χ4n) is 1.88. The highest BCUT2D eigenvalue weighted by Crippen LogP contribution is 2.09. The average Bonchev–Trinajstić information content (AvgIpc) is 2.87. The molecular formula is C14H18FN3O2. The van der Waals surface area contributed by atoms with E-state index >= 15 is 0 Å². The van der Waals surface area contributed by atoms with Crippen LogP contribution in [-0.4, -0.2) is 23.3 Å². The van der Waals surface area contributed by atoms with Crippen LogP contribution in [0, 0.1) is 5.82 Å². The summed E-state index contributed by atoms with van der Waals surface area (Å²) in [5, 5.41) is 7.07. The highest BCUT2D eigenvalue weighted by Gasteiger charge is 2.10. The molecule has 0 radical (unpaired) electrons. The second-order valence-electron chi connectivity index (χ2n) is 4.61. The van der Waals surface area contributed by atoms with Gasteiger partial charge in [0.05, 0.1) is 6.54 Å². The predicted molar refractivity (Wildman–Crippen MR) is 71.4 cm³/mol. The first-order chi connectivity index (χ1) is 9.69. The Hall–Kier alpha value is -1.79. The Kier molecular flexibility index (Phi) is 5.20. The van der Waals surface area contributed by atoms with E-state index in [0.29, 0.717) is 36.9 Å². The molecule has 2 rings (SSSR count). The van der Waals surface area contributed by atoms with E-state index in [0.717, 1.165) is 0 Å². The van der Waals surface area contributed by atoms with Crippen molar-refractivity contribution in [2.24, 2.45) is 0 Å². The van der Waals surface area contributed by atoms with Crippen molar-refractivity contribution in [3.05, 3.63) is 47.4 Å². The van der Waals surface area contributed by atoms with E-state index in [2.05, 4.69) is 15.5 Å². The average molecular weight is 279 g/mol. The molecule has 1 atom stereocenters. The molecule has 1 unspecified atom stereocenters. The van der Waals surface area contributed by atoms with Crippen LogP contribution in [0.4, 0.5) is 4.39 Å². The van der Waals surface area contributed by atoms with Crippen LogP contribution in [0.3, 0.4) is 0 Å². The Morgan fingerprint density at radius 1 is 1.40 bits per heavy atom. The number of ether oxygens (including phenoxy) is 1. The lowest BCUT2D eigenvalue weighted by atomic mass is 10.1. The van der Waals surface area contributed by atoms with Crippen molar-refractivity contribution < 1.29 is 13.7 Å². The summed E-state index contributed by atoms with van der Waals surface area (Å²) in [6.07, 6.45) is 0.607. The highest BCUT2D eigenvalue weighted by molar-refractivity contribution is 5.18. The molecule has 0 bridgehead atoms. The minimum absolute atomic E-state index is 0.108. The summed E-state index contributed by atoms with van der Waals surface area (Å²) in [5.41, 5.74) is 0.695. The van der Waals surface area contributed by atoms with Gasteiger partial charge in [0.15, 0.2) is 5.82 Å². The molecule has 20 heavy (non-hydrogen) atoms. The number of nitrogens with zero attached hydrogens (tertiary/aromatic N) is 2. The molecule has 6 heteroatoms. The van der Waals surface area contributed by atoms with Gasteiger partial charge in [0.2, 0.25) is 0 Å². The summed E-state index contributed by atoms with van der Waals surface area (Å²) in [5.74, 6) is 0.839. The zero-order valence-corrected chi connectivity index (χ0v) is 11.6. The van der Waals surface area contributed by atoms with E-state index in [4.69, 9.17) is 9.26 Å². The predicted octanol–water partition coefficient (Wildman–Crippen LogP) is 2.08. The number of benzene rings is 1. The van der Waals surface area contributed by atoms with Crippen LogP contribution in [0.15, 0.2) is 28.8 Å². The third-order valence-corrected chi connectivity index (χ3v) is 2.87. The van der Waals surface area contributed by atoms with Crippen molar-refractivity contribution in [1.82, 2.24) is 15.5 Å². The largest absolute Gasteiger partial charge is 0.375 e. The van der Waals surface area contributed by atoms with Crippen LogP contribution in [-0.2, 0) is 24.3 Å². The van der Waals surface area contributed by atoms with Crippen molar-refractivity contribution in [3.63, 3.8) is 0 Å². The summed E-state index contributed by atoms with van der Waals surface area (Å²) in [4.78, 5) is 4.16. The molecule has 0 saturated carbocycles. The zero-order valence-electron chi connectivity index (χ0n) is 11.6. The second-order valence-corrected chi connectivity index (χ2v) is 4.61. The van der Waals surface area contributed by atoms with Crippen molar-refractivity contribution in [1.29, 1.82) is 0 Å². The van der Waals surface area contributed by atoms with Gasteiger partial charge in [-0.3, -0.25) is 0 Å². The number of hydrogen-bond donors (Lipinski definition) is 1. The van der Waals surface area contributed by atoms with E-state index in [1.165, 1.54) is 6.07 Å². The standard InChI is InChI=1S/C14H18FN3O2/c1-10(7-11-5-3-4-6-12(11)15)16-8-13-17-14(9-19-2)20-18-13/h3-6,10,16H,7-9H2,1-2H3. The first-order valence-electron chi connectivity index (χ1n) is 6.46. The molecule has 0 saturated heterocycles. The molecule has 0 spiro atoms. The first kappa shape index (κ1) is 14.6. The number of methoxy groups -OCH3 is 1. The third-order valence-electron chi connectivity index (χ3n) is 2.87. The minimum Gasteiger partial charge on any atom is -0.375 e. The molecule has 108 valence electrons. The van der Waals surface area contributed by atoms with Gasteiger partial charge in [0.25, 0.3) is 5.89 Å². The van der Waals surface area contributed by atoms with Gasteiger partial charge in [-0.2, -0.15) is 4.98 Å². The van der Waals surface area contributed by atoms with Crippen LogP contribution in [0.25, 0.3) is 0 Å². The van der Waals surface area contributed by atoms with E-state index in [-0.39, 0.29) is 11.9 Å². The van der Waals surface area contributed by atoms with Gasteiger partial charge in [0, 0.05) is 13.2 Å². The molecule has 1 aromatic carbocycles. The van der Waals surface area contributed by atoms with Crippen molar-refractivity contribution in [3.8, 4) is 0 Å². The number of aromatic nitrogens is 2. The Bertz CT molecular complexity index is 545. The molecule has 0 aliphatic heterocycles. The lowest BCUT2D eigenvalue weighted by Gasteiger charge is -2.12. The van der Waals surface area contributed by atoms with Crippen LogP contribution in [0.5, 0.6) is 0 Å². The second kappa shape index (κ2) is 7.12. The maximum Gasteiger partial charge on any atom is 0.252 e. The summed E-state index contributed by atoms with van der Waals surface area (Å²) < 4.78 is 23.4. The van der Waals surface area contributed by atoms with Crippen LogP contribution in [0.2, 0.25) is 0 Å². The van der Waals surface area contributed by atoms with Gasteiger partial charge in [0.1, 0.15) is 12.4 Å². The van der Waals surface area contributed by atoms with Crippen molar-refractivity contribution in [2.75, 3.05) is 7.11 Å². The van der Waals surface area contributed by atoms with Gasteiger partial charge < -0.3 is 14.6 Å². The third kappa shape index (κ3) is 4.11. The molecule has 0 amide bonds. The van der Waals surface area contributed by atoms with Gasteiger partial charge in [-0.05, 0) is 25.0 Å². The van der Waals surface area contributed by atoms with E-state index in [1.807, 2.05) is 13.0 Å². The lowest BCUT2D eigenvalue weighted by molar-refractivity contribution is 0.151. The van der Waals surface area contributed by atoms with E-state index in [1.54, 1.807) is 19.2 Å². The fraction of sp³-hybridized carbons (Fsp3) is 0.429. The Labute approximate surface area is 117 Å². The summed E-state index contributed by atoms with van der Waals surface area (Å²) in [6, 6.07) is 6.89. The normalized spacial score (nSPS) is 12.6. The molecule has 1 heterocycles. The first-order valence-corrected chi connectivity index (χ1v) is 6.46. The molecular weight excluding hydrogens is 261 g/mol. The van der Waals surface area contributed by atoms with Gasteiger partial charge in [-0.25, -0.2) is 4.39 Å². The maximum atomic E-state index is 13.5. The minimum atomic E-state index is -0.178. The topological polar surface area (TPSA) is 60.2 Å². The van der Waals surface area contributed by atoms with Crippen molar-refractivity contribution in [2.45, 2.75) is 32.5 Å². The number of halogens is 1. The molecule has 1 aromatic heterocycles. The van der Waals surface area contributed by atoms with Gasteiger partial charge in [-0.1, -0.05) is 23.4 Å². The fourth-order valence-corrected chi connectivity index (χ4v) is 1.88. The highest BCUT2D eigenvalue weighted by atomic mass is 19.1. The maximum absolute atomic E-state index is 13.5. The van der Waals surface area contributed by atoms with E-state index in [9.17, 15) is 4.39 Å². The molecule has 0 aliphatic carbocycles. The van der Waals surface area contributed by atoms with Crippen molar-refractivity contribution >= 4 is 0 Å². The molecule has 5 nitrogen and oxygen atoms in total. The van der Waals surface area contributed by atoms with E-state index < -0.39 is 0 Å². The van der Waals surface area contributed by atoms with Crippen LogP contribution in [0.1, 0.15) is 24.2 Å². The molecule has 1 N–H and O–H groups in total. The summed E-state index contributed by atoms with van der Waals surface area (Å²) in [6.45, 7) is 2.77. The van der Waals surface area contributed by atoms with Crippen LogP contribution >= 0.6 is 0 Å². The smallest absolute Gasteiger partial charge is 0.252 e. The van der Waals surface area contributed by atoms with Gasteiger partial charge >= 0.3 is 0 Å². The molecule has 0 aliphatic rings. The molecule has 0 fully saturated rings. The Morgan fingerprint density at radius 3 is 2.95 bits per heavy atom. The Morgan fingerprint density at radius 2 is 2.20 bits per heavy atom.